The first-order chi connectivity index (χ1) is 9.73. The third-order valence-electron chi connectivity index (χ3n) is 3.19. The van der Waals surface area contributed by atoms with Crippen molar-refractivity contribution in [2.24, 2.45) is 5.73 Å². The second-order valence-electron chi connectivity index (χ2n) is 4.85. The van der Waals surface area contributed by atoms with Crippen LogP contribution in [-0.2, 0) is 14.8 Å². The molecule has 1 aromatic carbocycles. The Hall–Kier alpha value is -1.15. The molecule has 1 amide bonds. The van der Waals surface area contributed by atoms with E-state index < -0.39 is 16.1 Å². The molecule has 1 rings (SSSR count). The second-order valence-corrected chi connectivity index (χ2v) is 6.75. The predicted molar refractivity (Wildman–Crippen MR) is 90.8 cm³/mol. The number of anilines is 1. The Labute approximate surface area is 138 Å². The molecule has 0 fully saturated rings. The summed E-state index contributed by atoms with van der Waals surface area (Å²) < 4.78 is 26.5. The van der Waals surface area contributed by atoms with Crippen LogP contribution in [0.5, 0.6) is 0 Å². The van der Waals surface area contributed by atoms with Crippen molar-refractivity contribution in [2.45, 2.75) is 38.6 Å². The van der Waals surface area contributed by atoms with E-state index in [9.17, 15) is 13.2 Å². The average Bonchev–Trinajstić information content (AvgIpc) is 2.41. The molecule has 22 heavy (non-hydrogen) atoms. The fourth-order valence-corrected chi connectivity index (χ4v) is 3.62. The van der Waals surface area contributed by atoms with Gasteiger partial charge in [0, 0.05) is 18.8 Å². The first-order valence-electron chi connectivity index (χ1n) is 6.91. The van der Waals surface area contributed by atoms with Crippen LogP contribution in [0.4, 0.5) is 5.69 Å². The van der Waals surface area contributed by atoms with Crippen LogP contribution >= 0.6 is 12.4 Å². The fraction of sp³-hybridized carbons (Fsp3) is 0.500. The number of hydrogen-bond acceptors (Lipinski definition) is 4. The zero-order valence-corrected chi connectivity index (χ0v) is 14.9. The molecule has 0 aliphatic carbocycles. The van der Waals surface area contributed by atoms with E-state index in [2.05, 4.69) is 5.32 Å². The van der Waals surface area contributed by atoms with Gasteiger partial charge in [-0.2, -0.15) is 4.31 Å². The Morgan fingerprint density at radius 1 is 1.32 bits per heavy atom. The lowest BCUT2D eigenvalue weighted by atomic mass is 10.2. The molecular weight excluding hydrogens is 326 g/mol. The van der Waals surface area contributed by atoms with E-state index >= 15 is 0 Å². The maximum atomic E-state index is 12.6. The highest BCUT2D eigenvalue weighted by Gasteiger charge is 2.24. The van der Waals surface area contributed by atoms with Crippen LogP contribution in [0.1, 0.15) is 26.3 Å². The molecule has 6 nitrogen and oxygen atoms in total. The van der Waals surface area contributed by atoms with Crippen LogP contribution in [0.25, 0.3) is 0 Å². The molecule has 0 aromatic heterocycles. The first-order valence-corrected chi connectivity index (χ1v) is 8.35. The topological polar surface area (TPSA) is 92.5 Å². The van der Waals surface area contributed by atoms with Crippen LogP contribution in [-0.4, -0.2) is 37.8 Å². The molecule has 0 aliphatic heterocycles. The lowest BCUT2D eigenvalue weighted by Gasteiger charge is -2.20. The molecule has 1 atom stereocenters. The molecule has 0 spiro atoms. The molecule has 3 N–H and O–H groups in total. The highest BCUT2D eigenvalue weighted by Crippen LogP contribution is 2.23. The zero-order valence-electron chi connectivity index (χ0n) is 13.3. The van der Waals surface area contributed by atoms with Crippen LogP contribution in [0.15, 0.2) is 23.1 Å². The number of aryl methyl sites for hydroxylation is 1. The number of benzene rings is 1. The molecule has 0 radical (unpaired) electrons. The van der Waals surface area contributed by atoms with Gasteiger partial charge in [-0.05, 0) is 31.5 Å². The smallest absolute Gasteiger partial charge is 0.243 e. The minimum atomic E-state index is -3.56. The predicted octanol–water partition coefficient (Wildman–Crippen LogP) is 1.73. The Bertz CT molecular complexity index is 614. The molecule has 0 aliphatic rings. The van der Waals surface area contributed by atoms with Gasteiger partial charge >= 0.3 is 0 Å². The number of nitrogens with one attached hydrogen (secondary N) is 1. The first kappa shape index (κ1) is 20.9. The number of carbonyl (C=O) groups is 1. The van der Waals surface area contributed by atoms with Crippen LogP contribution < -0.4 is 11.1 Å². The van der Waals surface area contributed by atoms with Gasteiger partial charge < -0.3 is 11.1 Å². The van der Waals surface area contributed by atoms with E-state index in [1.807, 2.05) is 0 Å². The average molecular weight is 350 g/mol. The van der Waals surface area contributed by atoms with Gasteiger partial charge in [-0.3, -0.25) is 4.79 Å². The number of hydrogen-bond donors (Lipinski definition) is 2. The Kier molecular flexibility index (Phi) is 8.03. The van der Waals surface area contributed by atoms with Crippen molar-refractivity contribution in [3.05, 3.63) is 23.8 Å². The quantitative estimate of drug-likeness (QED) is 0.818. The lowest BCUT2D eigenvalue weighted by molar-refractivity contribution is -0.117. The number of nitrogens with two attached hydrogens (primary N) is 1. The summed E-state index contributed by atoms with van der Waals surface area (Å²) in [5.74, 6) is -0.356. The minimum absolute atomic E-state index is 0. The standard InChI is InChI=1S/C14H23N3O3S.ClH/c1-5-17(6-2)21(19,20)13-9-12(8-7-10(13)3)16-14(18)11(4)15;/h7-9,11H,5-6,15H2,1-4H3,(H,16,18);1H. The van der Waals surface area contributed by atoms with Crippen molar-refractivity contribution in [3.8, 4) is 0 Å². The van der Waals surface area contributed by atoms with E-state index in [0.717, 1.165) is 0 Å². The van der Waals surface area contributed by atoms with Crippen molar-refractivity contribution in [2.75, 3.05) is 18.4 Å². The van der Waals surface area contributed by atoms with Crippen LogP contribution in [0.3, 0.4) is 0 Å². The molecule has 0 bridgehead atoms. The van der Waals surface area contributed by atoms with Gasteiger partial charge in [-0.15, -0.1) is 12.4 Å². The molecule has 0 saturated heterocycles. The molecule has 0 heterocycles. The van der Waals surface area contributed by atoms with Crippen molar-refractivity contribution in [1.29, 1.82) is 0 Å². The van der Waals surface area contributed by atoms with Gasteiger partial charge in [-0.1, -0.05) is 19.9 Å². The Morgan fingerprint density at radius 2 is 1.86 bits per heavy atom. The SMILES string of the molecule is CCN(CC)S(=O)(=O)c1cc(NC(=O)C(C)N)ccc1C.Cl. The van der Waals surface area contributed by atoms with Crippen molar-refractivity contribution in [1.82, 2.24) is 4.31 Å². The molecule has 1 unspecified atom stereocenters. The van der Waals surface area contributed by atoms with Gasteiger partial charge in [0.25, 0.3) is 0 Å². The number of carbonyl (C=O) groups excluding carboxylic acids is 1. The van der Waals surface area contributed by atoms with E-state index in [0.29, 0.717) is 24.3 Å². The summed E-state index contributed by atoms with van der Waals surface area (Å²) in [4.78, 5) is 11.8. The summed E-state index contributed by atoms with van der Waals surface area (Å²) in [6, 6.07) is 4.15. The molecular formula is C14H24ClN3O3S. The Morgan fingerprint density at radius 3 is 2.32 bits per heavy atom. The fourth-order valence-electron chi connectivity index (χ4n) is 1.91. The number of nitrogens with zero attached hydrogens (tertiary/aromatic N) is 1. The van der Waals surface area contributed by atoms with Crippen LogP contribution in [0.2, 0.25) is 0 Å². The van der Waals surface area contributed by atoms with Crippen molar-refractivity contribution < 1.29 is 13.2 Å². The van der Waals surface area contributed by atoms with Crippen molar-refractivity contribution >= 4 is 34.0 Å². The maximum Gasteiger partial charge on any atom is 0.243 e. The summed E-state index contributed by atoms with van der Waals surface area (Å²) in [5.41, 5.74) is 6.55. The third kappa shape index (κ3) is 4.67. The minimum Gasteiger partial charge on any atom is -0.325 e. The molecule has 126 valence electrons. The summed E-state index contributed by atoms with van der Waals surface area (Å²) >= 11 is 0. The second kappa shape index (κ2) is 8.47. The van der Waals surface area contributed by atoms with Crippen LogP contribution in [0, 0.1) is 6.92 Å². The van der Waals surface area contributed by atoms with E-state index in [1.165, 1.54) is 10.4 Å². The van der Waals surface area contributed by atoms with Gasteiger partial charge in [0.15, 0.2) is 0 Å². The monoisotopic (exact) mass is 349 g/mol. The van der Waals surface area contributed by atoms with E-state index in [-0.39, 0.29) is 23.2 Å². The van der Waals surface area contributed by atoms with E-state index in [1.54, 1.807) is 39.8 Å². The normalized spacial score (nSPS) is 12.6. The molecule has 8 heteroatoms. The number of amides is 1. The molecule has 1 aromatic rings. The summed E-state index contributed by atoms with van der Waals surface area (Å²) in [7, 11) is -3.56. The third-order valence-corrected chi connectivity index (χ3v) is 5.38. The van der Waals surface area contributed by atoms with Gasteiger partial charge in [-0.25, -0.2) is 8.42 Å². The van der Waals surface area contributed by atoms with Gasteiger partial charge in [0.05, 0.1) is 10.9 Å². The summed E-state index contributed by atoms with van der Waals surface area (Å²) in [6.07, 6.45) is 0. The number of rotatable bonds is 6. The van der Waals surface area contributed by atoms with Gasteiger partial charge in [0.2, 0.25) is 15.9 Å². The summed E-state index contributed by atoms with van der Waals surface area (Å²) in [6.45, 7) is 7.67. The largest absolute Gasteiger partial charge is 0.325 e. The molecule has 0 saturated carbocycles. The highest BCUT2D eigenvalue weighted by atomic mass is 35.5. The zero-order chi connectivity index (χ0) is 16.2. The maximum absolute atomic E-state index is 12.6. The lowest BCUT2D eigenvalue weighted by Crippen LogP contribution is -2.33. The highest BCUT2D eigenvalue weighted by molar-refractivity contribution is 7.89. The Balaban J connectivity index is 0.00000441. The number of sulfonamides is 1. The van der Waals surface area contributed by atoms with E-state index in [4.69, 9.17) is 5.73 Å². The summed E-state index contributed by atoms with van der Waals surface area (Å²) in [5, 5.41) is 2.61. The van der Waals surface area contributed by atoms with Gasteiger partial charge in [0.1, 0.15) is 0 Å². The number of halogens is 1. The van der Waals surface area contributed by atoms with Crippen molar-refractivity contribution in [3.63, 3.8) is 0 Å².